The average Bonchev–Trinajstić information content (AvgIpc) is 3.00. The van der Waals surface area contributed by atoms with Crippen molar-refractivity contribution in [1.29, 1.82) is 0 Å². The van der Waals surface area contributed by atoms with Crippen molar-refractivity contribution in [2.24, 2.45) is 5.73 Å². The van der Waals surface area contributed by atoms with E-state index in [1.807, 2.05) is 18.5 Å². The second-order valence-corrected chi connectivity index (χ2v) is 4.96. The number of aromatic nitrogens is 2. The van der Waals surface area contributed by atoms with Gasteiger partial charge in [-0.05, 0) is 30.5 Å². The van der Waals surface area contributed by atoms with Gasteiger partial charge in [-0.1, -0.05) is 12.1 Å². The highest BCUT2D eigenvalue weighted by Gasteiger charge is 2.39. The van der Waals surface area contributed by atoms with Crippen LogP contribution in [0.25, 0.3) is 21.8 Å². The van der Waals surface area contributed by atoms with E-state index in [0.29, 0.717) is 0 Å². The van der Waals surface area contributed by atoms with Crippen molar-refractivity contribution in [1.82, 2.24) is 9.97 Å². The first-order valence-corrected chi connectivity index (χ1v) is 5.91. The summed E-state index contributed by atoms with van der Waals surface area (Å²) in [7, 11) is 0. The summed E-state index contributed by atoms with van der Waals surface area (Å²) in [5.41, 5.74) is 9.69. The molecule has 17 heavy (non-hydrogen) atoms. The molecular weight excluding hydrogens is 210 g/mol. The van der Waals surface area contributed by atoms with Crippen LogP contribution in [0.4, 0.5) is 0 Å². The number of nitrogens with one attached hydrogen (secondary N) is 1. The first kappa shape index (κ1) is 9.19. The molecule has 3 nitrogen and oxygen atoms in total. The molecule has 1 fully saturated rings. The van der Waals surface area contributed by atoms with E-state index in [2.05, 4.69) is 28.2 Å². The molecule has 1 aliphatic carbocycles. The zero-order valence-electron chi connectivity index (χ0n) is 9.40. The van der Waals surface area contributed by atoms with Crippen LogP contribution in [0, 0.1) is 0 Å². The summed E-state index contributed by atoms with van der Waals surface area (Å²) >= 11 is 0. The fourth-order valence-corrected chi connectivity index (χ4v) is 2.48. The lowest BCUT2D eigenvalue weighted by Crippen LogP contribution is -2.18. The SMILES string of the molecule is NC1(c2ccc3c(c2)[nH]c2ccncc23)CC1. The minimum Gasteiger partial charge on any atom is -0.354 e. The molecule has 0 radical (unpaired) electrons. The third kappa shape index (κ3) is 1.23. The molecule has 3 N–H and O–H groups in total. The van der Waals surface area contributed by atoms with Gasteiger partial charge in [0.05, 0.1) is 0 Å². The molecule has 0 unspecified atom stereocenters. The molecular formula is C14H13N3. The highest BCUT2D eigenvalue weighted by molar-refractivity contribution is 6.06. The Balaban J connectivity index is 2.04. The van der Waals surface area contributed by atoms with Gasteiger partial charge in [0.2, 0.25) is 0 Å². The molecule has 1 aliphatic rings. The Morgan fingerprint density at radius 3 is 2.82 bits per heavy atom. The van der Waals surface area contributed by atoms with Crippen LogP contribution in [0.2, 0.25) is 0 Å². The highest BCUT2D eigenvalue weighted by Crippen LogP contribution is 2.43. The Hall–Kier alpha value is -1.87. The van der Waals surface area contributed by atoms with Crippen LogP contribution in [0.5, 0.6) is 0 Å². The zero-order valence-corrected chi connectivity index (χ0v) is 9.40. The second-order valence-electron chi connectivity index (χ2n) is 4.96. The van der Waals surface area contributed by atoms with E-state index in [-0.39, 0.29) is 5.54 Å². The quantitative estimate of drug-likeness (QED) is 0.666. The molecule has 2 aromatic heterocycles. The molecule has 0 aliphatic heterocycles. The maximum atomic E-state index is 6.23. The van der Waals surface area contributed by atoms with E-state index in [0.717, 1.165) is 23.9 Å². The smallest absolute Gasteiger partial charge is 0.0495 e. The van der Waals surface area contributed by atoms with Gasteiger partial charge in [-0.2, -0.15) is 0 Å². The Morgan fingerprint density at radius 2 is 2.00 bits per heavy atom. The van der Waals surface area contributed by atoms with Crippen LogP contribution in [0.15, 0.2) is 36.7 Å². The maximum Gasteiger partial charge on any atom is 0.0495 e. The van der Waals surface area contributed by atoms with E-state index in [9.17, 15) is 0 Å². The summed E-state index contributed by atoms with van der Waals surface area (Å²) in [6.45, 7) is 0. The standard InChI is InChI=1S/C14H13N3/c15-14(4-5-14)9-1-2-10-11-8-16-6-3-12(11)17-13(10)7-9/h1-3,6-8,17H,4-5,15H2. The van der Waals surface area contributed by atoms with Gasteiger partial charge >= 0.3 is 0 Å². The summed E-state index contributed by atoms with van der Waals surface area (Å²) in [5.74, 6) is 0. The number of H-pyrrole nitrogens is 1. The van der Waals surface area contributed by atoms with Gasteiger partial charge in [0.25, 0.3) is 0 Å². The van der Waals surface area contributed by atoms with E-state index < -0.39 is 0 Å². The fourth-order valence-electron chi connectivity index (χ4n) is 2.48. The zero-order chi connectivity index (χ0) is 11.5. The van der Waals surface area contributed by atoms with Gasteiger partial charge in [0.1, 0.15) is 0 Å². The van der Waals surface area contributed by atoms with Gasteiger partial charge < -0.3 is 10.7 Å². The molecule has 1 saturated carbocycles. The summed E-state index contributed by atoms with van der Waals surface area (Å²) in [6, 6.07) is 8.49. The molecule has 3 heteroatoms. The van der Waals surface area contributed by atoms with Crippen LogP contribution in [0.1, 0.15) is 18.4 Å². The predicted molar refractivity (Wildman–Crippen MR) is 68.7 cm³/mol. The van der Waals surface area contributed by atoms with Crippen molar-refractivity contribution in [2.45, 2.75) is 18.4 Å². The van der Waals surface area contributed by atoms with Gasteiger partial charge in [-0.15, -0.1) is 0 Å². The lowest BCUT2D eigenvalue weighted by atomic mass is 10.0. The summed E-state index contributed by atoms with van der Waals surface area (Å²) in [6.07, 6.45) is 5.91. The minimum atomic E-state index is -0.0657. The van der Waals surface area contributed by atoms with Gasteiger partial charge in [-0.3, -0.25) is 4.98 Å². The number of nitrogens with zero attached hydrogens (tertiary/aromatic N) is 1. The Kier molecular flexibility index (Phi) is 1.55. The molecule has 3 aromatic rings. The van der Waals surface area contributed by atoms with Crippen molar-refractivity contribution >= 4 is 21.8 Å². The largest absolute Gasteiger partial charge is 0.354 e. The topological polar surface area (TPSA) is 54.7 Å². The van der Waals surface area contributed by atoms with Gasteiger partial charge in [0, 0.05) is 39.7 Å². The summed E-state index contributed by atoms with van der Waals surface area (Å²) in [5, 5.41) is 2.40. The lowest BCUT2D eigenvalue weighted by Gasteiger charge is -2.08. The van der Waals surface area contributed by atoms with Crippen LogP contribution in [0.3, 0.4) is 0 Å². The van der Waals surface area contributed by atoms with Crippen LogP contribution >= 0.6 is 0 Å². The Bertz CT molecular complexity index is 722. The normalized spacial score (nSPS) is 17.7. The molecule has 2 heterocycles. The highest BCUT2D eigenvalue weighted by atomic mass is 14.8. The van der Waals surface area contributed by atoms with E-state index in [4.69, 9.17) is 5.73 Å². The van der Waals surface area contributed by atoms with Crippen molar-refractivity contribution in [3.63, 3.8) is 0 Å². The molecule has 0 bridgehead atoms. The number of aromatic amines is 1. The lowest BCUT2D eigenvalue weighted by molar-refractivity contribution is 0.741. The Labute approximate surface area is 98.7 Å². The molecule has 4 rings (SSSR count). The summed E-state index contributed by atoms with van der Waals surface area (Å²) in [4.78, 5) is 7.60. The summed E-state index contributed by atoms with van der Waals surface area (Å²) < 4.78 is 0. The molecule has 0 spiro atoms. The van der Waals surface area contributed by atoms with E-state index in [1.165, 1.54) is 16.3 Å². The molecule has 0 atom stereocenters. The predicted octanol–water partition coefficient (Wildman–Crippen LogP) is 2.66. The van der Waals surface area contributed by atoms with Gasteiger partial charge in [0.15, 0.2) is 0 Å². The number of pyridine rings is 1. The first-order chi connectivity index (χ1) is 8.26. The van der Waals surface area contributed by atoms with Gasteiger partial charge in [-0.25, -0.2) is 0 Å². The monoisotopic (exact) mass is 223 g/mol. The number of nitrogens with two attached hydrogens (primary N) is 1. The Morgan fingerprint density at radius 1 is 1.12 bits per heavy atom. The third-order valence-electron chi connectivity index (χ3n) is 3.76. The van der Waals surface area contributed by atoms with Crippen molar-refractivity contribution in [2.75, 3.05) is 0 Å². The van der Waals surface area contributed by atoms with Crippen LogP contribution in [-0.4, -0.2) is 9.97 Å². The van der Waals surface area contributed by atoms with E-state index >= 15 is 0 Å². The first-order valence-electron chi connectivity index (χ1n) is 5.91. The van der Waals surface area contributed by atoms with Crippen molar-refractivity contribution < 1.29 is 0 Å². The number of benzene rings is 1. The number of rotatable bonds is 1. The second kappa shape index (κ2) is 2.87. The maximum absolute atomic E-state index is 6.23. The molecule has 84 valence electrons. The number of fused-ring (bicyclic) bond motifs is 3. The third-order valence-corrected chi connectivity index (χ3v) is 3.76. The molecule has 0 amide bonds. The average molecular weight is 223 g/mol. The van der Waals surface area contributed by atoms with Crippen molar-refractivity contribution in [3.05, 3.63) is 42.2 Å². The fraction of sp³-hybridized carbons (Fsp3) is 0.214. The van der Waals surface area contributed by atoms with Crippen LogP contribution in [-0.2, 0) is 5.54 Å². The van der Waals surface area contributed by atoms with E-state index in [1.54, 1.807) is 0 Å². The molecule has 0 saturated heterocycles. The minimum absolute atomic E-state index is 0.0657. The number of hydrogen-bond donors (Lipinski definition) is 2. The van der Waals surface area contributed by atoms with Crippen molar-refractivity contribution in [3.8, 4) is 0 Å². The number of hydrogen-bond acceptors (Lipinski definition) is 2. The van der Waals surface area contributed by atoms with Crippen LogP contribution < -0.4 is 5.73 Å². The molecule has 1 aromatic carbocycles.